The maximum absolute atomic E-state index is 13.2. The molecular formula is C25H27N5O4S2. The number of primary sulfonamides is 1. The molecule has 3 aromatic rings. The van der Waals surface area contributed by atoms with Gasteiger partial charge in [-0.2, -0.15) is 0 Å². The first kappa shape index (κ1) is 25.5. The van der Waals surface area contributed by atoms with E-state index in [-0.39, 0.29) is 23.1 Å². The minimum atomic E-state index is -3.78. The second-order valence-electron chi connectivity index (χ2n) is 8.53. The Morgan fingerprint density at radius 3 is 2.61 bits per heavy atom. The molecule has 1 aromatic heterocycles. The number of benzene rings is 2. The van der Waals surface area contributed by atoms with E-state index in [0.29, 0.717) is 36.7 Å². The summed E-state index contributed by atoms with van der Waals surface area (Å²) in [6.07, 6.45) is 4.55. The van der Waals surface area contributed by atoms with Crippen molar-refractivity contribution in [2.45, 2.75) is 30.2 Å². The van der Waals surface area contributed by atoms with E-state index >= 15 is 0 Å². The highest BCUT2D eigenvalue weighted by molar-refractivity contribution is 7.89. The number of nitrogens with one attached hydrogen (secondary N) is 2. The van der Waals surface area contributed by atoms with Gasteiger partial charge in [0.05, 0.1) is 11.3 Å². The molecule has 0 spiro atoms. The van der Waals surface area contributed by atoms with Crippen LogP contribution in [0, 0.1) is 0 Å². The van der Waals surface area contributed by atoms with Crippen LogP contribution in [0.15, 0.2) is 72.3 Å². The minimum Gasteiger partial charge on any atom is -0.361 e. The summed E-state index contributed by atoms with van der Waals surface area (Å²) >= 11 is 5.61. The highest BCUT2D eigenvalue weighted by Gasteiger charge is 2.42. The number of H-pyrrole nitrogens is 1. The number of aromatic nitrogens is 1. The van der Waals surface area contributed by atoms with Crippen molar-refractivity contribution in [3.63, 3.8) is 0 Å². The lowest BCUT2D eigenvalue weighted by molar-refractivity contribution is -0.130. The SMILES string of the molecule is C=CCCN1C(=O)C(CC(=O)Nc2ccc3cc[nH]c3c2)N(CCc2ccc(S(N)(=O)=O)cc2)C1=S. The summed E-state index contributed by atoms with van der Waals surface area (Å²) in [5.74, 6) is -0.517. The first-order chi connectivity index (χ1) is 17.2. The van der Waals surface area contributed by atoms with Gasteiger partial charge in [-0.15, -0.1) is 6.58 Å². The summed E-state index contributed by atoms with van der Waals surface area (Å²) in [7, 11) is -3.78. The van der Waals surface area contributed by atoms with Crippen LogP contribution in [0.4, 0.5) is 5.69 Å². The van der Waals surface area contributed by atoms with Crippen LogP contribution in [0.3, 0.4) is 0 Å². The zero-order chi connectivity index (χ0) is 25.9. The van der Waals surface area contributed by atoms with Gasteiger partial charge in [-0.1, -0.05) is 24.3 Å². The third kappa shape index (κ3) is 5.64. The van der Waals surface area contributed by atoms with E-state index in [1.807, 2.05) is 30.5 Å². The van der Waals surface area contributed by atoms with Gasteiger partial charge in [0, 0.05) is 30.5 Å². The van der Waals surface area contributed by atoms with E-state index in [0.717, 1.165) is 16.5 Å². The van der Waals surface area contributed by atoms with Gasteiger partial charge in [0.1, 0.15) is 6.04 Å². The highest BCUT2D eigenvalue weighted by atomic mass is 32.2. The van der Waals surface area contributed by atoms with Crippen LogP contribution in [0.25, 0.3) is 10.9 Å². The zero-order valence-corrected chi connectivity index (χ0v) is 21.1. The monoisotopic (exact) mass is 525 g/mol. The smallest absolute Gasteiger partial charge is 0.252 e. The summed E-state index contributed by atoms with van der Waals surface area (Å²) in [6, 6.07) is 13.0. The van der Waals surface area contributed by atoms with Crippen molar-refractivity contribution in [2.24, 2.45) is 5.14 Å². The molecule has 1 fully saturated rings. The first-order valence-electron chi connectivity index (χ1n) is 11.4. The molecule has 4 rings (SSSR count). The lowest BCUT2D eigenvalue weighted by Gasteiger charge is -2.24. The first-order valence-corrected chi connectivity index (χ1v) is 13.3. The number of fused-ring (bicyclic) bond motifs is 1. The highest BCUT2D eigenvalue weighted by Crippen LogP contribution is 2.24. The molecule has 0 radical (unpaired) electrons. The molecule has 1 aliphatic rings. The molecule has 2 amide bonds. The Hall–Kier alpha value is -3.54. The van der Waals surface area contributed by atoms with Crippen molar-refractivity contribution in [1.29, 1.82) is 0 Å². The fourth-order valence-electron chi connectivity index (χ4n) is 4.18. The number of hydrogen-bond acceptors (Lipinski definition) is 5. The molecule has 0 saturated carbocycles. The number of anilines is 1. The van der Waals surface area contributed by atoms with Gasteiger partial charge >= 0.3 is 0 Å². The normalized spacial score (nSPS) is 16.1. The van der Waals surface area contributed by atoms with Crippen LogP contribution in [0.2, 0.25) is 0 Å². The van der Waals surface area contributed by atoms with E-state index < -0.39 is 16.1 Å². The molecule has 36 heavy (non-hydrogen) atoms. The fraction of sp³-hybridized carbons (Fsp3) is 0.240. The van der Waals surface area contributed by atoms with Gasteiger partial charge < -0.3 is 15.2 Å². The number of carbonyl (C=O) groups excluding carboxylic acids is 2. The number of thiocarbonyl (C=S) groups is 1. The van der Waals surface area contributed by atoms with Gasteiger partial charge in [0.15, 0.2) is 5.11 Å². The molecule has 11 heteroatoms. The average molecular weight is 526 g/mol. The molecule has 9 nitrogen and oxygen atoms in total. The molecule has 2 heterocycles. The molecule has 1 aliphatic heterocycles. The Morgan fingerprint density at radius 2 is 1.92 bits per heavy atom. The van der Waals surface area contributed by atoms with Crippen molar-refractivity contribution < 1.29 is 18.0 Å². The van der Waals surface area contributed by atoms with E-state index in [1.165, 1.54) is 17.0 Å². The Morgan fingerprint density at radius 1 is 1.17 bits per heavy atom. The molecule has 0 bridgehead atoms. The molecule has 2 aromatic carbocycles. The maximum atomic E-state index is 13.2. The van der Waals surface area contributed by atoms with E-state index in [9.17, 15) is 18.0 Å². The lowest BCUT2D eigenvalue weighted by atomic mass is 10.1. The van der Waals surface area contributed by atoms with Crippen LogP contribution in [0.5, 0.6) is 0 Å². The number of hydrogen-bond donors (Lipinski definition) is 3. The fourth-order valence-corrected chi connectivity index (χ4v) is 5.09. The minimum absolute atomic E-state index is 0.0285. The summed E-state index contributed by atoms with van der Waals surface area (Å²) < 4.78 is 23.0. The van der Waals surface area contributed by atoms with Gasteiger partial charge in [-0.3, -0.25) is 14.5 Å². The Balaban J connectivity index is 1.48. The van der Waals surface area contributed by atoms with E-state index in [2.05, 4.69) is 16.9 Å². The predicted octanol–water partition coefficient (Wildman–Crippen LogP) is 2.76. The van der Waals surface area contributed by atoms with Crippen molar-refractivity contribution in [3.8, 4) is 0 Å². The molecule has 1 unspecified atom stereocenters. The summed E-state index contributed by atoms with van der Waals surface area (Å²) in [6.45, 7) is 4.49. The molecule has 188 valence electrons. The number of carbonyl (C=O) groups is 2. The summed E-state index contributed by atoms with van der Waals surface area (Å²) in [5, 5.41) is 9.44. The van der Waals surface area contributed by atoms with Crippen LogP contribution >= 0.6 is 12.2 Å². The van der Waals surface area contributed by atoms with Crippen LogP contribution in [0.1, 0.15) is 18.4 Å². The van der Waals surface area contributed by atoms with E-state index in [4.69, 9.17) is 17.4 Å². The molecule has 1 atom stereocenters. The third-order valence-electron chi connectivity index (χ3n) is 6.07. The molecule has 1 saturated heterocycles. The average Bonchev–Trinajstić information content (AvgIpc) is 3.38. The Bertz CT molecular complexity index is 1420. The van der Waals surface area contributed by atoms with Gasteiger partial charge in [-0.05, 0) is 66.3 Å². The standard InChI is InChI=1S/C25H27N5O4S2/c1-2-3-13-30-24(32)22(16-23(31)28-19-7-6-18-10-12-27-21(18)15-19)29(25(30)35)14-11-17-4-8-20(9-5-17)36(26,33)34/h2,4-10,12,15,22,27H,1,3,11,13-14,16H2,(H,28,31)(H2,26,33,34). The maximum Gasteiger partial charge on any atom is 0.252 e. The number of amides is 2. The summed E-state index contributed by atoms with van der Waals surface area (Å²) in [4.78, 5) is 32.6. The second kappa shape index (κ2) is 10.6. The Kier molecular flexibility index (Phi) is 7.53. The predicted molar refractivity (Wildman–Crippen MR) is 143 cm³/mol. The van der Waals surface area contributed by atoms with Crippen LogP contribution in [-0.4, -0.2) is 59.3 Å². The zero-order valence-electron chi connectivity index (χ0n) is 19.5. The molecule has 0 aliphatic carbocycles. The van der Waals surface area contributed by atoms with Crippen molar-refractivity contribution in [1.82, 2.24) is 14.8 Å². The quantitative estimate of drug-likeness (QED) is 0.276. The molecular weight excluding hydrogens is 498 g/mol. The number of nitrogens with two attached hydrogens (primary N) is 1. The number of rotatable bonds is 10. The van der Waals surface area contributed by atoms with Crippen molar-refractivity contribution >= 4 is 55.8 Å². The number of aromatic amines is 1. The van der Waals surface area contributed by atoms with Crippen molar-refractivity contribution in [3.05, 3.63) is 72.9 Å². The third-order valence-corrected chi connectivity index (χ3v) is 7.46. The van der Waals surface area contributed by atoms with Gasteiger partial charge in [-0.25, -0.2) is 13.6 Å². The number of sulfonamides is 1. The van der Waals surface area contributed by atoms with Gasteiger partial charge in [0.2, 0.25) is 15.9 Å². The lowest BCUT2D eigenvalue weighted by Crippen LogP contribution is -2.39. The summed E-state index contributed by atoms with van der Waals surface area (Å²) in [5.41, 5.74) is 2.38. The van der Waals surface area contributed by atoms with Crippen LogP contribution < -0.4 is 10.5 Å². The largest absolute Gasteiger partial charge is 0.361 e. The molecule has 4 N–H and O–H groups in total. The Labute approximate surface area is 215 Å². The van der Waals surface area contributed by atoms with Gasteiger partial charge in [0.25, 0.3) is 5.91 Å². The van der Waals surface area contributed by atoms with Crippen LogP contribution in [-0.2, 0) is 26.0 Å². The number of nitrogens with zero attached hydrogens (tertiary/aromatic N) is 2. The van der Waals surface area contributed by atoms with E-state index in [1.54, 1.807) is 23.1 Å². The van der Waals surface area contributed by atoms with Crippen molar-refractivity contribution in [2.75, 3.05) is 18.4 Å². The second-order valence-corrected chi connectivity index (χ2v) is 10.5. The topological polar surface area (TPSA) is 129 Å².